The molecule has 0 aliphatic heterocycles. The Balaban J connectivity index is 1.89. The number of amides is 1. The van der Waals surface area contributed by atoms with Crippen molar-refractivity contribution in [2.75, 3.05) is 11.9 Å². The van der Waals surface area contributed by atoms with Crippen molar-refractivity contribution < 1.29 is 14.3 Å². The van der Waals surface area contributed by atoms with Crippen molar-refractivity contribution in [2.24, 2.45) is 0 Å². The summed E-state index contributed by atoms with van der Waals surface area (Å²) in [5.41, 5.74) is 2.63. The number of carbonyl (C=O) groups excluding carboxylic acids is 2. The molecule has 6 heteroatoms. The summed E-state index contributed by atoms with van der Waals surface area (Å²) in [5.74, 6) is 0.215. The maximum absolute atomic E-state index is 11.8. The molecule has 1 amide bonds. The van der Waals surface area contributed by atoms with E-state index in [0.29, 0.717) is 16.6 Å². The average Bonchev–Trinajstić information content (AvgIpc) is 2.89. The van der Waals surface area contributed by atoms with Crippen LogP contribution in [0.25, 0.3) is 0 Å². The van der Waals surface area contributed by atoms with Crippen molar-refractivity contribution in [1.29, 1.82) is 0 Å². The summed E-state index contributed by atoms with van der Waals surface area (Å²) in [6, 6.07) is 5.66. The van der Waals surface area contributed by atoms with Crippen molar-refractivity contribution in [3.63, 3.8) is 0 Å². The van der Waals surface area contributed by atoms with Gasteiger partial charge in [-0.1, -0.05) is 6.07 Å². The van der Waals surface area contributed by atoms with Gasteiger partial charge in [-0.15, -0.1) is 11.3 Å². The normalized spacial score (nSPS) is 10.2. The second-order valence-electron chi connectivity index (χ2n) is 4.68. The fourth-order valence-electron chi connectivity index (χ4n) is 1.60. The van der Waals surface area contributed by atoms with Crippen molar-refractivity contribution in [2.45, 2.75) is 20.8 Å². The number of ether oxygens (including phenoxy) is 1. The summed E-state index contributed by atoms with van der Waals surface area (Å²) in [4.78, 5) is 26.9. The first kappa shape index (κ1) is 15.2. The third-order valence-corrected chi connectivity index (χ3v) is 3.72. The van der Waals surface area contributed by atoms with E-state index in [9.17, 15) is 9.59 Å². The van der Waals surface area contributed by atoms with Crippen LogP contribution in [0.2, 0.25) is 0 Å². The lowest BCUT2D eigenvalue weighted by atomic mass is 10.1. The first-order valence-electron chi connectivity index (χ1n) is 6.42. The number of nitrogens with one attached hydrogen (secondary N) is 1. The Kier molecular flexibility index (Phi) is 4.70. The van der Waals surface area contributed by atoms with E-state index in [1.807, 2.05) is 32.0 Å². The first-order valence-corrected chi connectivity index (χ1v) is 7.30. The maximum Gasteiger partial charge on any atom is 0.264 e. The molecule has 1 aromatic carbocycles. The van der Waals surface area contributed by atoms with Crippen LogP contribution in [-0.4, -0.2) is 23.3 Å². The van der Waals surface area contributed by atoms with Crippen LogP contribution in [0.4, 0.5) is 5.13 Å². The van der Waals surface area contributed by atoms with Gasteiger partial charge in [0.05, 0.1) is 0 Å². The van der Waals surface area contributed by atoms with E-state index in [0.717, 1.165) is 5.56 Å². The lowest BCUT2D eigenvalue weighted by molar-refractivity contribution is -0.118. The molecule has 0 aliphatic carbocycles. The number of aryl methyl sites for hydroxylation is 2. The van der Waals surface area contributed by atoms with Gasteiger partial charge in [-0.05, 0) is 37.1 Å². The quantitative estimate of drug-likeness (QED) is 0.862. The summed E-state index contributed by atoms with van der Waals surface area (Å²) in [6.45, 7) is 5.34. The van der Waals surface area contributed by atoms with Crippen LogP contribution in [0.3, 0.4) is 0 Å². The molecule has 5 nitrogen and oxygen atoms in total. The van der Waals surface area contributed by atoms with Gasteiger partial charge < -0.3 is 4.74 Å². The van der Waals surface area contributed by atoms with Gasteiger partial charge in [0.25, 0.3) is 5.91 Å². The molecule has 2 aromatic rings. The van der Waals surface area contributed by atoms with Crippen LogP contribution in [0.5, 0.6) is 5.75 Å². The molecule has 0 unspecified atom stereocenters. The molecule has 1 heterocycles. The lowest BCUT2D eigenvalue weighted by Crippen LogP contribution is -2.20. The molecule has 0 radical (unpaired) electrons. The molecule has 21 heavy (non-hydrogen) atoms. The molecule has 0 bridgehead atoms. The molecular weight excluding hydrogens is 288 g/mol. The second kappa shape index (κ2) is 6.49. The van der Waals surface area contributed by atoms with Crippen LogP contribution >= 0.6 is 11.3 Å². The minimum Gasteiger partial charge on any atom is -0.484 e. The van der Waals surface area contributed by atoms with E-state index < -0.39 is 0 Å². The summed E-state index contributed by atoms with van der Waals surface area (Å²) in [5, 5.41) is 4.62. The first-order chi connectivity index (χ1) is 9.95. The monoisotopic (exact) mass is 304 g/mol. The highest BCUT2D eigenvalue weighted by molar-refractivity contribution is 7.14. The van der Waals surface area contributed by atoms with Gasteiger partial charge in [-0.3, -0.25) is 14.9 Å². The molecule has 0 fully saturated rings. The van der Waals surface area contributed by atoms with Gasteiger partial charge in [-0.25, -0.2) is 4.98 Å². The fraction of sp³-hybridized carbons (Fsp3) is 0.267. The van der Waals surface area contributed by atoms with E-state index in [-0.39, 0.29) is 18.3 Å². The van der Waals surface area contributed by atoms with E-state index in [4.69, 9.17) is 4.74 Å². The number of ketones is 1. The van der Waals surface area contributed by atoms with Crippen LogP contribution in [0, 0.1) is 13.8 Å². The second-order valence-corrected chi connectivity index (χ2v) is 5.54. The van der Waals surface area contributed by atoms with Gasteiger partial charge in [0.15, 0.2) is 17.5 Å². The minimum absolute atomic E-state index is 0.0997. The number of carbonyl (C=O) groups is 2. The predicted octanol–water partition coefficient (Wildman–Crippen LogP) is 2.98. The summed E-state index contributed by atoms with van der Waals surface area (Å²) in [7, 11) is 0. The number of anilines is 1. The Morgan fingerprint density at radius 1 is 1.29 bits per heavy atom. The van der Waals surface area contributed by atoms with Crippen LogP contribution in [0.1, 0.15) is 28.5 Å². The number of rotatable bonds is 5. The molecule has 0 atom stereocenters. The Bertz CT molecular complexity index is 679. The summed E-state index contributed by atoms with van der Waals surface area (Å²) in [6.07, 6.45) is 0. The standard InChI is InChI=1S/C15H16N2O3S/c1-9-4-5-12(6-10(9)2)20-7-14(19)17-15-16-13(8-21-15)11(3)18/h4-6,8H,7H2,1-3H3,(H,16,17,19). The topological polar surface area (TPSA) is 68.3 Å². The van der Waals surface area contributed by atoms with E-state index in [1.54, 1.807) is 5.38 Å². The van der Waals surface area contributed by atoms with Crippen molar-refractivity contribution in [3.8, 4) is 5.75 Å². The predicted molar refractivity (Wildman–Crippen MR) is 82.2 cm³/mol. The van der Waals surface area contributed by atoms with E-state index >= 15 is 0 Å². The molecule has 2 rings (SSSR count). The zero-order valence-corrected chi connectivity index (χ0v) is 12.9. The Hall–Kier alpha value is -2.21. The zero-order chi connectivity index (χ0) is 15.4. The molecular formula is C15H16N2O3S. The third-order valence-electron chi connectivity index (χ3n) is 2.96. The number of nitrogens with zero attached hydrogens (tertiary/aromatic N) is 1. The smallest absolute Gasteiger partial charge is 0.264 e. The molecule has 1 N–H and O–H groups in total. The van der Waals surface area contributed by atoms with Gasteiger partial charge in [-0.2, -0.15) is 0 Å². The highest BCUT2D eigenvalue weighted by Crippen LogP contribution is 2.17. The lowest BCUT2D eigenvalue weighted by Gasteiger charge is -2.07. The Morgan fingerprint density at radius 2 is 2.05 bits per heavy atom. The number of hydrogen-bond acceptors (Lipinski definition) is 5. The average molecular weight is 304 g/mol. The van der Waals surface area contributed by atoms with Gasteiger partial charge >= 0.3 is 0 Å². The molecule has 0 saturated carbocycles. The van der Waals surface area contributed by atoms with Crippen LogP contribution < -0.4 is 10.1 Å². The fourth-order valence-corrected chi connectivity index (χ4v) is 2.37. The molecule has 110 valence electrons. The number of Topliss-reactive ketones (excluding diaryl/α,β-unsaturated/α-hetero) is 1. The summed E-state index contributed by atoms with van der Waals surface area (Å²) < 4.78 is 5.43. The van der Waals surface area contributed by atoms with E-state index in [2.05, 4.69) is 10.3 Å². The van der Waals surface area contributed by atoms with Gasteiger partial charge in [0.2, 0.25) is 0 Å². The molecule has 0 spiro atoms. The Morgan fingerprint density at radius 3 is 2.67 bits per heavy atom. The van der Waals surface area contributed by atoms with Crippen LogP contribution in [-0.2, 0) is 4.79 Å². The third kappa shape index (κ3) is 4.13. The van der Waals surface area contributed by atoms with E-state index in [1.165, 1.54) is 23.8 Å². The molecule has 0 aliphatic rings. The van der Waals surface area contributed by atoms with Gasteiger partial charge in [0, 0.05) is 12.3 Å². The maximum atomic E-state index is 11.8. The highest BCUT2D eigenvalue weighted by atomic mass is 32.1. The van der Waals surface area contributed by atoms with Crippen LogP contribution in [0.15, 0.2) is 23.6 Å². The van der Waals surface area contributed by atoms with Gasteiger partial charge in [0.1, 0.15) is 11.4 Å². The SMILES string of the molecule is CC(=O)c1csc(NC(=O)COc2ccc(C)c(C)c2)n1. The number of thiazole rings is 1. The minimum atomic E-state index is -0.308. The van der Waals surface area contributed by atoms with Crippen molar-refractivity contribution >= 4 is 28.2 Å². The summed E-state index contributed by atoms with van der Waals surface area (Å²) >= 11 is 1.21. The molecule has 1 aromatic heterocycles. The number of benzene rings is 1. The largest absolute Gasteiger partial charge is 0.484 e. The number of aromatic nitrogens is 1. The van der Waals surface area contributed by atoms with Crippen molar-refractivity contribution in [3.05, 3.63) is 40.4 Å². The highest BCUT2D eigenvalue weighted by Gasteiger charge is 2.09. The molecule has 0 saturated heterocycles. The number of hydrogen-bond donors (Lipinski definition) is 1. The van der Waals surface area contributed by atoms with Crippen molar-refractivity contribution in [1.82, 2.24) is 4.98 Å². The zero-order valence-electron chi connectivity index (χ0n) is 12.1. The Labute approximate surface area is 127 Å².